The number of rotatable bonds is 6. The van der Waals surface area contributed by atoms with Crippen LogP contribution in [0.3, 0.4) is 0 Å². The lowest BCUT2D eigenvalue weighted by atomic mass is 10.3. The van der Waals surface area contributed by atoms with E-state index < -0.39 is 36.6 Å². The third kappa shape index (κ3) is 4.12. The van der Waals surface area contributed by atoms with E-state index >= 15 is 0 Å². The predicted molar refractivity (Wildman–Crippen MR) is 85.6 cm³/mol. The maximum absolute atomic E-state index is 13.6. The Hall–Kier alpha value is -2.08. The van der Waals surface area contributed by atoms with Gasteiger partial charge >= 0.3 is 0 Å². The molecule has 2 rings (SSSR count). The van der Waals surface area contributed by atoms with Crippen LogP contribution in [0.5, 0.6) is 0 Å². The highest BCUT2D eigenvalue weighted by Gasteiger charge is 2.22. The van der Waals surface area contributed by atoms with E-state index in [9.17, 15) is 25.6 Å². The summed E-state index contributed by atoms with van der Waals surface area (Å²) in [5, 5.41) is 0. The Morgan fingerprint density at radius 3 is 2.16 bits per heavy atom. The van der Waals surface area contributed by atoms with Crippen LogP contribution >= 0.6 is 0 Å². The maximum Gasteiger partial charge on any atom is 0.264 e. The summed E-state index contributed by atoms with van der Waals surface area (Å²) in [5.74, 6) is -2.03. The number of halogens is 2. The molecular weight excluding hydrogens is 378 g/mol. The molecule has 0 aliphatic rings. The smallest absolute Gasteiger partial charge is 0.264 e. The van der Waals surface area contributed by atoms with Gasteiger partial charge in [0.05, 0.1) is 12.0 Å². The fraction of sp³-hybridized carbons (Fsp3) is 0.143. The molecule has 0 spiro atoms. The van der Waals surface area contributed by atoms with Gasteiger partial charge in [0.1, 0.15) is 16.5 Å². The third-order valence-corrected chi connectivity index (χ3v) is 6.27. The first-order chi connectivity index (χ1) is 11.6. The Morgan fingerprint density at radius 1 is 1.00 bits per heavy atom. The summed E-state index contributed by atoms with van der Waals surface area (Å²) in [6.07, 6.45) is 0. The number of anilines is 1. The Bertz CT molecular complexity index is 977. The Kier molecular flexibility index (Phi) is 5.42. The third-order valence-electron chi connectivity index (χ3n) is 3.18. The number of hydroxylamine groups is 1. The topological polar surface area (TPSA) is 92.8 Å². The normalized spacial score (nSPS) is 12.4. The zero-order valence-electron chi connectivity index (χ0n) is 13.1. The lowest BCUT2D eigenvalue weighted by molar-refractivity contribution is -0.0258. The van der Waals surface area contributed by atoms with Crippen molar-refractivity contribution in [2.45, 2.75) is 9.79 Å². The second-order valence-corrected chi connectivity index (χ2v) is 8.39. The number of hydrogen-bond donors (Lipinski definition) is 1. The molecule has 0 saturated carbocycles. The van der Waals surface area contributed by atoms with Gasteiger partial charge in [-0.1, -0.05) is 4.47 Å². The molecule has 0 aromatic heterocycles. The summed E-state index contributed by atoms with van der Waals surface area (Å²) in [5.41, 5.74) is -0.0253. The predicted octanol–water partition coefficient (Wildman–Crippen LogP) is 1.95. The molecule has 0 heterocycles. The van der Waals surface area contributed by atoms with Gasteiger partial charge in [0.15, 0.2) is 0 Å². The van der Waals surface area contributed by atoms with Crippen LogP contribution in [0.4, 0.5) is 14.5 Å². The first kappa shape index (κ1) is 19.2. The molecule has 0 amide bonds. The van der Waals surface area contributed by atoms with Gasteiger partial charge in [0.2, 0.25) is 0 Å². The summed E-state index contributed by atoms with van der Waals surface area (Å²) in [6, 6.07) is 6.66. The fourth-order valence-corrected chi connectivity index (χ4v) is 3.96. The number of nitrogens with zero attached hydrogens (tertiary/aromatic N) is 1. The van der Waals surface area contributed by atoms with E-state index in [0.29, 0.717) is 16.6 Å². The van der Waals surface area contributed by atoms with E-state index in [-0.39, 0.29) is 10.6 Å². The second kappa shape index (κ2) is 7.04. The lowest BCUT2D eigenvalue weighted by Crippen LogP contribution is -2.25. The standard InChI is InChI=1S/C14H14F2N2O5S2/c1-18(23-2)25(21,22)12-6-4-11(5-7-12)17-24(19,20)14-9-10(15)3-8-13(14)16/h3-9,17H,1-2H3. The summed E-state index contributed by atoms with van der Waals surface area (Å²) < 4.78 is 77.8. The van der Waals surface area contributed by atoms with E-state index in [4.69, 9.17) is 0 Å². The molecule has 1 N–H and O–H groups in total. The molecule has 2 aromatic carbocycles. The van der Waals surface area contributed by atoms with Crippen LogP contribution in [0.2, 0.25) is 0 Å². The first-order valence-electron chi connectivity index (χ1n) is 6.69. The molecule has 0 unspecified atom stereocenters. The highest BCUT2D eigenvalue weighted by Crippen LogP contribution is 2.22. The zero-order valence-corrected chi connectivity index (χ0v) is 14.7. The van der Waals surface area contributed by atoms with Crippen LogP contribution in [0.1, 0.15) is 0 Å². The van der Waals surface area contributed by atoms with Crippen molar-refractivity contribution in [3.8, 4) is 0 Å². The Labute approximate surface area is 143 Å². The van der Waals surface area contributed by atoms with Gasteiger partial charge in [0.25, 0.3) is 20.0 Å². The molecule has 0 atom stereocenters. The van der Waals surface area contributed by atoms with Crippen LogP contribution in [0.15, 0.2) is 52.3 Å². The zero-order chi connectivity index (χ0) is 18.8. The minimum absolute atomic E-state index is 0.0253. The Balaban J connectivity index is 2.31. The largest absolute Gasteiger partial charge is 0.288 e. The van der Waals surface area contributed by atoms with Gasteiger partial charge in [-0.2, -0.15) is 0 Å². The number of benzene rings is 2. The molecule has 2 aromatic rings. The lowest BCUT2D eigenvalue weighted by Gasteiger charge is -2.14. The maximum atomic E-state index is 13.6. The minimum Gasteiger partial charge on any atom is -0.288 e. The van der Waals surface area contributed by atoms with E-state index in [1.807, 2.05) is 0 Å². The van der Waals surface area contributed by atoms with E-state index in [1.165, 1.54) is 26.3 Å². The molecule has 136 valence electrons. The summed E-state index contributed by atoms with van der Waals surface area (Å²) >= 11 is 0. The fourth-order valence-electron chi connectivity index (χ4n) is 1.83. The average molecular weight is 392 g/mol. The molecule has 11 heteroatoms. The van der Waals surface area contributed by atoms with Crippen molar-refractivity contribution in [1.82, 2.24) is 4.47 Å². The number of hydrogen-bond acceptors (Lipinski definition) is 5. The molecule has 0 radical (unpaired) electrons. The molecular formula is C14H14F2N2O5S2. The van der Waals surface area contributed by atoms with Crippen LogP contribution in [-0.2, 0) is 24.9 Å². The van der Waals surface area contributed by atoms with Gasteiger partial charge in [-0.3, -0.25) is 9.56 Å². The minimum atomic E-state index is -4.39. The van der Waals surface area contributed by atoms with Crippen LogP contribution in [0.25, 0.3) is 0 Å². The molecule has 7 nitrogen and oxygen atoms in total. The van der Waals surface area contributed by atoms with Gasteiger partial charge in [-0.05, 0) is 42.5 Å². The highest BCUT2D eigenvalue weighted by molar-refractivity contribution is 7.92. The van der Waals surface area contributed by atoms with Crippen LogP contribution < -0.4 is 4.72 Å². The van der Waals surface area contributed by atoms with Crippen LogP contribution in [0, 0.1) is 11.6 Å². The van der Waals surface area contributed by atoms with E-state index in [1.54, 1.807) is 0 Å². The molecule has 0 bridgehead atoms. The first-order valence-corrected chi connectivity index (χ1v) is 9.61. The number of sulfonamides is 2. The van der Waals surface area contributed by atoms with Crippen molar-refractivity contribution in [2.75, 3.05) is 18.9 Å². The Morgan fingerprint density at radius 2 is 1.60 bits per heavy atom. The molecule has 25 heavy (non-hydrogen) atoms. The van der Waals surface area contributed by atoms with Gasteiger partial charge < -0.3 is 0 Å². The summed E-state index contributed by atoms with van der Waals surface area (Å²) in [7, 11) is -5.91. The molecule has 0 aliphatic heterocycles. The molecule has 0 aliphatic carbocycles. The van der Waals surface area contributed by atoms with Crippen molar-refractivity contribution < 1.29 is 30.5 Å². The SMILES string of the molecule is CON(C)S(=O)(=O)c1ccc(NS(=O)(=O)c2cc(F)ccc2F)cc1. The monoisotopic (exact) mass is 392 g/mol. The quantitative estimate of drug-likeness (QED) is 0.759. The van der Waals surface area contributed by atoms with Crippen LogP contribution in [-0.4, -0.2) is 35.5 Å². The average Bonchev–Trinajstić information content (AvgIpc) is 2.56. The highest BCUT2D eigenvalue weighted by atomic mass is 32.2. The van der Waals surface area contributed by atoms with Crippen molar-refractivity contribution in [1.29, 1.82) is 0 Å². The van der Waals surface area contributed by atoms with Gasteiger partial charge in [0, 0.05) is 12.7 Å². The summed E-state index contributed by atoms with van der Waals surface area (Å²) in [6.45, 7) is 0. The second-order valence-electron chi connectivity index (χ2n) is 4.80. The van der Waals surface area contributed by atoms with Gasteiger partial charge in [-0.25, -0.2) is 25.6 Å². The van der Waals surface area contributed by atoms with Crippen molar-refractivity contribution >= 4 is 25.7 Å². The van der Waals surface area contributed by atoms with Crippen molar-refractivity contribution in [3.63, 3.8) is 0 Å². The summed E-state index contributed by atoms with van der Waals surface area (Å²) in [4.78, 5) is 3.62. The molecule has 0 saturated heterocycles. The number of nitrogens with one attached hydrogen (secondary N) is 1. The van der Waals surface area contributed by atoms with E-state index in [0.717, 1.165) is 18.2 Å². The van der Waals surface area contributed by atoms with Gasteiger partial charge in [-0.15, -0.1) is 0 Å². The molecule has 0 fully saturated rings. The van der Waals surface area contributed by atoms with E-state index in [2.05, 4.69) is 9.56 Å². The van der Waals surface area contributed by atoms with Crippen molar-refractivity contribution in [3.05, 3.63) is 54.1 Å². The van der Waals surface area contributed by atoms with Crippen molar-refractivity contribution in [2.24, 2.45) is 0 Å².